The maximum atomic E-state index is 12.0. The molecular formula is C14H28N2O2. The molecule has 1 atom stereocenters. The number of ether oxygens (including phenoxy) is 1. The molecule has 0 saturated heterocycles. The highest BCUT2D eigenvalue weighted by molar-refractivity contribution is 5.77. The number of amides is 1. The van der Waals surface area contributed by atoms with Gasteiger partial charge in [-0.1, -0.05) is 6.92 Å². The predicted octanol–water partition coefficient (Wildman–Crippen LogP) is 1.83. The minimum Gasteiger partial charge on any atom is -0.378 e. The summed E-state index contributed by atoms with van der Waals surface area (Å²) < 4.78 is 5.50. The van der Waals surface area contributed by atoms with Crippen LogP contribution in [0.2, 0.25) is 0 Å². The van der Waals surface area contributed by atoms with Gasteiger partial charge in [-0.25, -0.2) is 0 Å². The van der Waals surface area contributed by atoms with E-state index in [2.05, 4.69) is 19.2 Å². The van der Waals surface area contributed by atoms with Crippen molar-refractivity contribution in [3.8, 4) is 0 Å². The third-order valence-corrected chi connectivity index (χ3v) is 3.99. The SMILES string of the molecule is CCOC1CC(CC(=O)NC(C)(CC)CCN)C1. The van der Waals surface area contributed by atoms with Crippen molar-refractivity contribution in [2.45, 2.75) is 64.5 Å². The van der Waals surface area contributed by atoms with Crippen molar-refractivity contribution in [1.82, 2.24) is 5.32 Å². The maximum absolute atomic E-state index is 12.0. The molecule has 106 valence electrons. The lowest BCUT2D eigenvalue weighted by Crippen LogP contribution is -2.48. The molecular weight excluding hydrogens is 228 g/mol. The average molecular weight is 256 g/mol. The largest absolute Gasteiger partial charge is 0.378 e. The Balaban J connectivity index is 2.25. The quantitative estimate of drug-likeness (QED) is 0.696. The first-order valence-corrected chi connectivity index (χ1v) is 7.15. The van der Waals surface area contributed by atoms with Gasteiger partial charge in [0, 0.05) is 18.6 Å². The van der Waals surface area contributed by atoms with Crippen molar-refractivity contribution in [3.63, 3.8) is 0 Å². The van der Waals surface area contributed by atoms with Gasteiger partial charge in [0.25, 0.3) is 0 Å². The topological polar surface area (TPSA) is 64.3 Å². The van der Waals surface area contributed by atoms with Crippen LogP contribution in [0.4, 0.5) is 0 Å². The molecule has 0 aromatic heterocycles. The lowest BCUT2D eigenvalue weighted by molar-refractivity contribution is -0.126. The fraction of sp³-hybridized carbons (Fsp3) is 0.929. The second kappa shape index (κ2) is 7.10. The lowest BCUT2D eigenvalue weighted by atomic mass is 9.79. The van der Waals surface area contributed by atoms with Crippen LogP contribution in [-0.4, -0.2) is 30.7 Å². The first kappa shape index (κ1) is 15.4. The van der Waals surface area contributed by atoms with Gasteiger partial charge in [0.2, 0.25) is 5.91 Å². The Bertz CT molecular complexity index is 265. The van der Waals surface area contributed by atoms with Crippen LogP contribution >= 0.6 is 0 Å². The summed E-state index contributed by atoms with van der Waals surface area (Å²) in [5.74, 6) is 0.660. The Hall–Kier alpha value is -0.610. The molecule has 1 saturated carbocycles. The number of carbonyl (C=O) groups is 1. The lowest BCUT2D eigenvalue weighted by Gasteiger charge is -2.36. The summed E-state index contributed by atoms with van der Waals surface area (Å²) in [6, 6.07) is 0. The summed E-state index contributed by atoms with van der Waals surface area (Å²) in [6.45, 7) is 7.56. The molecule has 3 N–H and O–H groups in total. The van der Waals surface area contributed by atoms with E-state index in [4.69, 9.17) is 10.5 Å². The summed E-state index contributed by atoms with van der Waals surface area (Å²) in [6.07, 6.45) is 4.82. The van der Waals surface area contributed by atoms with Gasteiger partial charge in [-0.2, -0.15) is 0 Å². The number of nitrogens with one attached hydrogen (secondary N) is 1. The number of rotatable bonds is 8. The zero-order chi connectivity index (χ0) is 13.6. The van der Waals surface area contributed by atoms with E-state index in [1.54, 1.807) is 0 Å². The highest BCUT2D eigenvalue weighted by Crippen LogP contribution is 2.32. The molecule has 0 spiro atoms. The van der Waals surface area contributed by atoms with E-state index in [9.17, 15) is 4.79 Å². The Morgan fingerprint density at radius 3 is 2.61 bits per heavy atom. The van der Waals surface area contributed by atoms with Gasteiger partial charge in [-0.3, -0.25) is 4.79 Å². The van der Waals surface area contributed by atoms with E-state index in [0.717, 1.165) is 32.3 Å². The molecule has 0 bridgehead atoms. The molecule has 0 aromatic rings. The molecule has 0 radical (unpaired) electrons. The van der Waals surface area contributed by atoms with Crippen LogP contribution in [0.15, 0.2) is 0 Å². The van der Waals surface area contributed by atoms with Gasteiger partial charge in [0.1, 0.15) is 0 Å². The van der Waals surface area contributed by atoms with Crippen LogP contribution in [0.1, 0.15) is 52.9 Å². The Morgan fingerprint density at radius 1 is 1.44 bits per heavy atom. The van der Waals surface area contributed by atoms with E-state index in [-0.39, 0.29) is 11.4 Å². The van der Waals surface area contributed by atoms with E-state index in [0.29, 0.717) is 25.0 Å². The predicted molar refractivity (Wildman–Crippen MR) is 73.3 cm³/mol. The van der Waals surface area contributed by atoms with Crippen molar-refractivity contribution >= 4 is 5.91 Å². The van der Waals surface area contributed by atoms with Crippen LogP contribution in [0, 0.1) is 5.92 Å². The molecule has 0 heterocycles. The van der Waals surface area contributed by atoms with Crippen LogP contribution in [0.3, 0.4) is 0 Å². The normalized spacial score (nSPS) is 26.2. The third-order valence-electron chi connectivity index (χ3n) is 3.99. The van der Waals surface area contributed by atoms with E-state index < -0.39 is 0 Å². The molecule has 1 rings (SSSR count). The smallest absolute Gasteiger partial charge is 0.220 e. The third kappa shape index (κ3) is 4.58. The number of carbonyl (C=O) groups excluding carboxylic acids is 1. The van der Waals surface area contributed by atoms with Crippen molar-refractivity contribution in [2.24, 2.45) is 11.7 Å². The van der Waals surface area contributed by atoms with E-state index in [1.807, 2.05) is 6.92 Å². The Morgan fingerprint density at radius 2 is 2.11 bits per heavy atom. The highest BCUT2D eigenvalue weighted by Gasteiger charge is 2.32. The van der Waals surface area contributed by atoms with Crippen LogP contribution in [0.5, 0.6) is 0 Å². The fourth-order valence-electron chi connectivity index (χ4n) is 2.51. The first-order valence-electron chi connectivity index (χ1n) is 7.15. The molecule has 1 amide bonds. The Kier molecular flexibility index (Phi) is 6.09. The van der Waals surface area contributed by atoms with Gasteiger partial charge in [-0.05, 0) is 52.0 Å². The second-order valence-corrected chi connectivity index (χ2v) is 5.62. The molecule has 1 aliphatic rings. The van der Waals surface area contributed by atoms with E-state index in [1.165, 1.54) is 0 Å². The van der Waals surface area contributed by atoms with Gasteiger partial charge >= 0.3 is 0 Å². The summed E-state index contributed by atoms with van der Waals surface area (Å²) >= 11 is 0. The van der Waals surface area contributed by atoms with Crippen molar-refractivity contribution in [2.75, 3.05) is 13.2 Å². The van der Waals surface area contributed by atoms with Crippen LogP contribution in [0.25, 0.3) is 0 Å². The number of hydrogen-bond acceptors (Lipinski definition) is 3. The summed E-state index contributed by atoms with van der Waals surface area (Å²) in [5.41, 5.74) is 5.44. The molecule has 1 fully saturated rings. The molecule has 18 heavy (non-hydrogen) atoms. The molecule has 0 aromatic carbocycles. The van der Waals surface area contributed by atoms with Crippen molar-refractivity contribution < 1.29 is 9.53 Å². The maximum Gasteiger partial charge on any atom is 0.220 e. The van der Waals surface area contributed by atoms with Crippen LogP contribution in [-0.2, 0) is 9.53 Å². The van der Waals surface area contributed by atoms with Gasteiger partial charge in [0.05, 0.1) is 6.10 Å². The standard InChI is InChI=1S/C14H28N2O2/c1-4-14(3,6-7-15)16-13(17)10-11-8-12(9-11)18-5-2/h11-12H,4-10,15H2,1-3H3,(H,16,17). The van der Waals surface area contributed by atoms with Crippen molar-refractivity contribution in [1.29, 1.82) is 0 Å². The fourth-order valence-corrected chi connectivity index (χ4v) is 2.51. The summed E-state index contributed by atoms with van der Waals surface area (Å²) in [5, 5.41) is 3.13. The zero-order valence-corrected chi connectivity index (χ0v) is 12.0. The summed E-state index contributed by atoms with van der Waals surface area (Å²) in [4.78, 5) is 12.0. The van der Waals surface area contributed by atoms with Gasteiger partial charge in [0.15, 0.2) is 0 Å². The molecule has 1 unspecified atom stereocenters. The van der Waals surface area contributed by atoms with E-state index >= 15 is 0 Å². The number of nitrogens with two attached hydrogens (primary N) is 1. The van der Waals surface area contributed by atoms with Gasteiger partial charge < -0.3 is 15.8 Å². The molecule has 1 aliphatic carbocycles. The number of hydrogen-bond donors (Lipinski definition) is 2. The van der Waals surface area contributed by atoms with Gasteiger partial charge in [-0.15, -0.1) is 0 Å². The molecule has 4 heteroatoms. The minimum absolute atomic E-state index is 0.144. The average Bonchev–Trinajstić information content (AvgIpc) is 2.26. The second-order valence-electron chi connectivity index (χ2n) is 5.62. The Labute approximate surface area is 111 Å². The molecule has 0 aliphatic heterocycles. The monoisotopic (exact) mass is 256 g/mol. The highest BCUT2D eigenvalue weighted by atomic mass is 16.5. The summed E-state index contributed by atoms with van der Waals surface area (Å²) in [7, 11) is 0. The van der Waals surface area contributed by atoms with Crippen LogP contribution < -0.4 is 11.1 Å². The zero-order valence-electron chi connectivity index (χ0n) is 12.0. The van der Waals surface area contributed by atoms with Crippen molar-refractivity contribution in [3.05, 3.63) is 0 Å². The first-order chi connectivity index (χ1) is 8.53. The molecule has 4 nitrogen and oxygen atoms in total. The minimum atomic E-state index is -0.144.